The van der Waals surface area contributed by atoms with Crippen LogP contribution in [-0.2, 0) is 22.6 Å². The first kappa shape index (κ1) is 28.8. The van der Waals surface area contributed by atoms with Gasteiger partial charge in [0.1, 0.15) is 5.03 Å². The van der Waals surface area contributed by atoms with E-state index < -0.39 is 12.3 Å². The number of carbonyl (C=O) groups is 3. The third kappa shape index (κ3) is 6.09. The van der Waals surface area contributed by atoms with Gasteiger partial charge in [-0.05, 0) is 41.0 Å². The number of fused-ring (bicyclic) bond motifs is 1. The molecule has 3 atom stereocenters. The molecule has 3 unspecified atom stereocenters. The SMILES string of the molecule is O=C(O)c1cccnc1SCC1CC(c2ccc(CO)cc2)OC(c2ccc(CN3C(=O)c4ccccc4C3=O)cc2)O1. The Kier molecular flexibility index (Phi) is 8.35. The third-order valence-corrected chi connectivity index (χ3v) is 8.63. The van der Waals surface area contributed by atoms with Crippen molar-refractivity contribution in [3.63, 3.8) is 0 Å². The Hall–Kier alpha value is -4.35. The maximum atomic E-state index is 12.8. The van der Waals surface area contributed by atoms with Gasteiger partial charge in [-0.3, -0.25) is 14.5 Å². The fourth-order valence-corrected chi connectivity index (χ4v) is 6.21. The van der Waals surface area contributed by atoms with E-state index >= 15 is 0 Å². The number of amides is 2. The number of benzene rings is 3. The summed E-state index contributed by atoms with van der Waals surface area (Å²) < 4.78 is 12.8. The summed E-state index contributed by atoms with van der Waals surface area (Å²) in [6.07, 6.45) is 0.801. The van der Waals surface area contributed by atoms with Crippen molar-refractivity contribution in [1.29, 1.82) is 0 Å². The van der Waals surface area contributed by atoms with E-state index in [1.807, 2.05) is 48.5 Å². The number of carbonyl (C=O) groups excluding carboxylic acids is 2. The number of thioether (sulfide) groups is 1. The zero-order chi connectivity index (χ0) is 29.9. The summed E-state index contributed by atoms with van der Waals surface area (Å²) in [7, 11) is 0. The van der Waals surface area contributed by atoms with Crippen molar-refractivity contribution in [3.05, 3.63) is 130 Å². The van der Waals surface area contributed by atoms with E-state index in [1.165, 1.54) is 22.7 Å². The average Bonchev–Trinajstić information content (AvgIpc) is 3.29. The second-order valence-electron chi connectivity index (χ2n) is 10.3. The minimum Gasteiger partial charge on any atom is -0.478 e. The Balaban J connectivity index is 1.19. The average molecular weight is 597 g/mol. The van der Waals surface area contributed by atoms with Crippen LogP contribution in [0, 0.1) is 0 Å². The van der Waals surface area contributed by atoms with E-state index in [0.29, 0.717) is 28.3 Å². The number of hydrogen-bond acceptors (Lipinski definition) is 8. The summed E-state index contributed by atoms with van der Waals surface area (Å²) in [5.41, 5.74) is 4.25. The Morgan fingerprint density at radius 3 is 2.16 bits per heavy atom. The largest absolute Gasteiger partial charge is 0.478 e. The van der Waals surface area contributed by atoms with Gasteiger partial charge >= 0.3 is 5.97 Å². The number of aromatic carboxylic acids is 1. The van der Waals surface area contributed by atoms with Crippen LogP contribution < -0.4 is 0 Å². The molecule has 2 aliphatic heterocycles. The zero-order valence-electron chi connectivity index (χ0n) is 23.0. The normalized spacial score (nSPS) is 19.8. The molecule has 2 aliphatic rings. The predicted octanol–water partition coefficient (Wildman–Crippen LogP) is 5.41. The summed E-state index contributed by atoms with van der Waals surface area (Å²) in [5, 5.41) is 19.4. The Labute approximate surface area is 252 Å². The third-order valence-electron chi connectivity index (χ3n) is 7.49. The quantitative estimate of drug-likeness (QED) is 0.193. The second kappa shape index (κ2) is 12.5. The van der Waals surface area contributed by atoms with Gasteiger partial charge in [-0.25, -0.2) is 9.78 Å². The first-order valence-electron chi connectivity index (χ1n) is 13.8. The summed E-state index contributed by atoms with van der Waals surface area (Å²) in [6.45, 7) is 0.0912. The van der Waals surface area contributed by atoms with Crippen molar-refractivity contribution in [2.75, 3.05) is 5.75 Å². The lowest BCUT2D eigenvalue weighted by molar-refractivity contribution is -0.245. The molecule has 6 rings (SSSR count). The van der Waals surface area contributed by atoms with Crippen LogP contribution >= 0.6 is 11.8 Å². The molecule has 4 aromatic rings. The number of aliphatic hydroxyl groups excluding tert-OH is 1. The molecule has 3 aromatic carbocycles. The monoisotopic (exact) mass is 596 g/mol. The molecule has 2 N–H and O–H groups in total. The molecule has 0 bridgehead atoms. The number of carboxylic acid groups (broad SMARTS) is 1. The molecule has 1 aromatic heterocycles. The van der Waals surface area contributed by atoms with E-state index in [0.717, 1.165) is 22.3 Å². The number of pyridine rings is 1. The highest BCUT2D eigenvalue weighted by Crippen LogP contribution is 2.39. The van der Waals surface area contributed by atoms with Crippen LogP contribution in [0.2, 0.25) is 0 Å². The topological polar surface area (TPSA) is 126 Å². The van der Waals surface area contributed by atoms with Crippen molar-refractivity contribution in [2.45, 2.75) is 43.1 Å². The Morgan fingerprint density at radius 2 is 1.51 bits per heavy atom. The molecule has 43 heavy (non-hydrogen) atoms. The van der Waals surface area contributed by atoms with Gasteiger partial charge in [0.05, 0.1) is 42.0 Å². The molecule has 1 fully saturated rings. The zero-order valence-corrected chi connectivity index (χ0v) is 23.8. The summed E-state index contributed by atoms with van der Waals surface area (Å²) in [5.74, 6) is -1.19. The lowest BCUT2D eigenvalue weighted by Crippen LogP contribution is -2.31. The molecule has 3 heterocycles. The fourth-order valence-electron chi connectivity index (χ4n) is 5.21. The van der Waals surface area contributed by atoms with Gasteiger partial charge in [-0.1, -0.05) is 60.7 Å². The van der Waals surface area contributed by atoms with Gasteiger partial charge < -0.3 is 19.7 Å². The standard InChI is InChI=1S/C33H28N2O7S/c36-18-21-9-11-22(12-10-21)28-16-24(19-43-29-27(32(39)40)6-3-15-34-29)41-33(42-28)23-13-7-20(8-14-23)17-35-30(37)25-4-1-2-5-26(25)31(35)38/h1-15,24,28,33,36H,16-19H2,(H,39,40). The number of nitrogens with zero attached hydrogens (tertiary/aromatic N) is 2. The fraction of sp³-hybridized carbons (Fsp3) is 0.212. The van der Waals surface area contributed by atoms with E-state index in [-0.39, 0.29) is 42.7 Å². The highest BCUT2D eigenvalue weighted by Gasteiger charge is 2.36. The highest BCUT2D eigenvalue weighted by molar-refractivity contribution is 7.99. The first-order chi connectivity index (χ1) is 20.9. The van der Waals surface area contributed by atoms with Gasteiger partial charge in [0, 0.05) is 23.9 Å². The number of hydrogen-bond donors (Lipinski definition) is 2. The molecule has 2 amide bonds. The number of aliphatic hydroxyl groups is 1. The maximum Gasteiger partial charge on any atom is 0.338 e. The first-order valence-corrected chi connectivity index (χ1v) is 14.8. The smallest absolute Gasteiger partial charge is 0.338 e. The van der Waals surface area contributed by atoms with E-state index in [9.17, 15) is 24.6 Å². The Bertz CT molecular complexity index is 1620. The Morgan fingerprint density at radius 1 is 0.860 bits per heavy atom. The second-order valence-corrected chi connectivity index (χ2v) is 11.3. The van der Waals surface area contributed by atoms with Crippen LogP contribution in [0.4, 0.5) is 0 Å². The van der Waals surface area contributed by atoms with Crippen molar-refractivity contribution in [2.24, 2.45) is 0 Å². The van der Waals surface area contributed by atoms with Gasteiger partial charge in [0.15, 0.2) is 6.29 Å². The summed E-state index contributed by atoms with van der Waals surface area (Å²) >= 11 is 1.32. The van der Waals surface area contributed by atoms with Crippen LogP contribution in [-0.4, -0.2) is 49.7 Å². The number of aromatic nitrogens is 1. The van der Waals surface area contributed by atoms with Crippen molar-refractivity contribution >= 4 is 29.5 Å². The van der Waals surface area contributed by atoms with Crippen LogP contribution in [0.5, 0.6) is 0 Å². The molecule has 1 saturated heterocycles. The summed E-state index contributed by atoms with van der Waals surface area (Å²) in [4.78, 5) is 42.8. The molecule has 0 saturated carbocycles. The number of rotatable bonds is 9. The molecular weight excluding hydrogens is 568 g/mol. The van der Waals surface area contributed by atoms with Gasteiger partial charge in [-0.15, -0.1) is 11.8 Å². The van der Waals surface area contributed by atoms with Gasteiger partial charge in [-0.2, -0.15) is 0 Å². The number of ether oxygens (including phenoxy) is 2. The van der Waals surface area contributed by atoms with Crippen molar-refractivity contribution in [1.82, 2.24) is 9.88 Å². The lowest BCUT2D eigenvalue weighted by Gasteiger charge is -2.36. The lowest BCUT2D eigenvalue weighted by atomic mass is 10.0. The minimum absolute atomic E-state index is 0.0557. The number of imide groups is 1. The van der Waals surface area contributed by atoms with Crippen LogP contribution in [0.3, 0.4) is 0 Å². The van der Waals surface area contributed by atoms with Crippen LogP contribution in [0.25, 0.3) is 0 Å². The molecule has 10 heteroatoms. The molecule has 218 valence electrons. The van der Waals surface area contributed by atoms with Gasteiger partial charge in [0.2, 0.25) is 0 Å². The molecule has 9 nitrogen and oxygen atoms in total. The van der Waals surface area contributed by atoms with Crippen molar-refractivity contribution in [3.8, 4) is 0 Å². The molecular formula is C33H28N2O7S. The molecule has 0 aliphatic carbocycles. The van der Waals surface area contributed by atoms with Crippen LogP contribution in [0.1, 0.15) is 72.1 Å². The highest BCUT2D eigenvalue weighted by atomic mass is 32.2. The maximum absolute atomic E-state index is 12.8. The molecule has 0 spiro atoms. The van der Waals surface area contributed by atoms with E-state index in [2.05, 4.69) is 4.98 Å². The van der Waals surface area contributed by atoms with E-state index in [4.69, 9.17) is 9.47 Å². The molecule has 0 radical (unpaired) electrons. The van der Waals surface area contributed by atoms with Crippen LogP contribution in [0.15, 0.2) is 96.2 Å². The van der Waals surface area contributed by atoms with E-state index in [1.54, 1.807) is 36.5 Å². The predicted molar refractivity (Wildman–Crippen MR) is 157 cm³/mol. The minimum atomic E-state index is -1.04. The summed E-state index contributed by atoms with van der Waals surface area (Å²) in [6, 6.07) is 24.9. The van der Waals surface area contributed by atoms with Crippen molar-refractivity contribution < 1.29 is 34.1 Å². The van der Waals surface area contributed by atoms with Gasteiger partial charge in [0.25, 0.3) is 11.8 Å². The number of carboxylic acids is 1.